The maximum absolute atomic E-state index is 13.2. The molecule has 2 saturated heterocycles. The molecule has 2 heterocycles. The number of nitrogens with two attached hydrogens (primary N) is 1. The minimum Gasteiger partial charge on any atom is -0.341 e. The molecule has 0 bridgehead atoms. The summed E-state index contributed by atoms with van der Waals surface area (Å²) in [7, 11) is -3.67. The zero-order chi connectivity index (χ0) is 18.9. The highest BCUT2D eigenvalue weighted by molar-refractivity contribution is 7.89. The molecule has 1 aromatic carbocycles. The van der Waals surface area contributed by atoms with Gasteiger partial charge >= 0.3 is 0 Å². The van der Waals surface area contributed by atoms with Crippen LogP contribution < -0.4 is 5.73 Å². The molecule has 6 nitrogen and oxygen atoms in total. The highest BCUT2D eigenvalue weighted by Crippen LogP contribution is 2.31. The second-order valence-corrected chi connectivity index (χ2v) is 9.97. The van der Waals surface area contributed by atoms with E-state index in [0.29, 0.717) is 26.1 Å². The van der Waals surface area contributed by atoms with Gasteiger partial charge in [-0.15, -0.1) is 0 Å². The molecular weight excluding hydrogens is 350 g/mol. The van der Waals surface area contributed by atoms with E-state index in [9.17, 15) is 13.2 Å². The summed E-state index contributed by atoms with van der Waals surface area (Å²) < 4.78 is 27.6. The standard InChI is InChI=1S/C19H29N3O3S/c1-19(2)14-21(13-11-17(19)20)18(23)16-10-6-7-12-22(16)26(24,25)15-8-4-3-5-9-15/h3-5,8-9,16-17H,6-7,10-14,20H2,1-2H3. The molecule has 3 rings (SSSR count). The number of amides is 1. The predicted octanol–water partition coefficient (Wildman–Crippen LogP) is 1.82. The van der Waals surface area contributed by atoms with Gasteiger partial charge in [-0.05, 0) is 36.8 Å². The van der Waals surface area contributed by atoms with Gasteiger partial charge in [0.2, 0.25) is 15.9 Å². The fourth-order valence-electron chi connectivity index (χ4n) is 3.94. The fraction of sp³-hybridized carbons (Fsp3) is 0.632. The maximum Gasteiger partial charge on any atom is 0.243 e. The first-order valence-corrected chi connectivity index (χ1v) is 10.8. The van der Waals surface area contributed by atoms with Crippen LogP contribution in [0.5, 0.6) is 0 Å². The van der Waals surface area contributed by atoms with Crippen molar-refractivity contribution in [2.45, 2.75) is 56.5 Å². The van der Waals surface area contributed by atoms with E-state index < -0.39 is 16.1 Å². The molecule has 7 heteroatoms. The lowest BCUT2D eigenvalue weighted by Crippen LogP contribution is -2.59. The zero-order valence-corrected chi connectivity index (χ0v) is 16.4. The molecule has 2 N–H and O–H groups in total. The lowest BCUT2D eigenvalue weighted by Gasteiger charge is -2.45. The van der Waals surface area contributed by atoms with Gasteiger partial charge in [-0.25, -0.2) is 8.42 Å². The number of piperidine rings is 2. The van der Waals surface area contributed by atoms with Crippen LogP contribution in [0, 0.1) is 5.41 Å². The summed E-state index contributed by atoms with van der Waals surface area (Å²) in [4.78, 5) is 15.3. The zero-order valence-electron chi connectivity index (χ0n) is 15.6. The Morgan fingerprint density at radius 1 is 1.12 bits per heavy atom. The van der Waals surface area contributed by atoms with E-state index in [1.807, 2.05) is 4.90 Å². The first-order valence-electron chi connectivity index (χ1n) is 9.35. The SMILES string of the molecule is CC1(C)CN(C(=O)C2CCCCN2S(=O)(=O)c2ccccc2)CCC1N. The van der Waals surface area contributed by atoms with E-state index in [4.69, 9.17) is 5.73 Å². The van der Waals surface area contributed by atoms with Gasteiger partial charge in [0, 0.05) is 25.7 Å². The third-order valence-electron chi connectivity index (χ3n) is 5.71. The molecule has 0 aliphatic carbocycles. The number of rotatable bonds is 3. The van der Waals surface area contributed by atoms with Crippen molar-refractivity contribution in [3.05, 3.63) is 30.3 Å². The van der Waals surface area contributed by atoms with Crippen molar-refractivity contribution >= 4 is 15.9 Å². The number of carbonyl (C=O) groups is 1. The molecule has 0 aromatic heterocycles. The molecule has 2 atom stereocenters. The van der Waals surface area contributed by atoms with Crippen LogP contribution >= 0.6 is 0 Å². The number of carbonyl (C=O) groups excluding carboxylic acids is 1. The lowest BCUT2D eigenvalue weighted by atomic mass is 9.79. The van der Waals surface area contributed by atoms with Gasteiger partial charge in [-0.3, -0.25) is 4.79 Å². The number of nitrogens with zero attached hydrogens (tertiary/aromatic N) is 2. The van der Waals surface area contributed by atoms with Crippen LogP contribution in [0.25, 0.3) is 0 Å². The maximum atomic E-state index is 13.2. The van der Waals surface area contributed by atoms with Crippen molar-refractivity contribution in [2.75, 3.05) is 19.6 Å². The number of likely N-dealkylation sites (tertiary alicyclic amines) is 1. The minimum atomic E-state index is -3.67. The topological polar surface area (TPSA) is 83.7 Å². The van der Waals surface area contributed by atoms with Crippen molar-refractivity contribution in [2.24, 2.45) is 11.1 Å². The van der Waals surface area contributed by atoms with Crippen LogP contribution in [0.3, 0.4) is 0 Å². The van der Waals surface area contributed by atoms with Gasteiger partial charge in [0.05, 0.1) is 4.90 Å². The van der Waals surface area contributed by atoms with Gasteiger partial charge in [-0.1, -0.05) is 38.5 Å². The number of hydrogen-bond acceptors (Lipinski definition) is 4. The molecule has 1 amide bonds. The predicted molar refractivity (Wildman–Crippen MR) is 101 cm³/mol. The van der Waals surface area contributed by atoms with Crippen LogP contribution in [0.4, 0.5) is 0 Å². The summed E-state index contributed by atoms with van der Waals surface area (Å²) in [5, 5.41) is 0. The van der Waals surface area contributed by atoms with Crippen molar-refractivity contribution < 1.29 is 13.2 Å². The summed E-state index contributed by atoms with van der Waals surface area (Å²) in [6.45, 7) is 5.69. The van der Waals surface area contributed by atoms with Gasteiger partial charge in [0.25, 0.3) is 0 Å². The monoisotopic (exact) mass is 379 g/mol. The van der Waals surface area contributed by atoms with E-state index in [1.165, 1.54) is 4.31 Å². The third kappa shape index (κ3) is 3.66. The summed E-state index contributed by atoms with van der Waals surface area (Å²) in [5.41, 5.74) is 6.02. The van der Waals surface area contributed by atoms with E-state index in [1.54, 1.807) is 30.3 Å². The quantitative estimate of drug-likeness (QED) is 0.868. The molecule has 0 radical (unpaired) electrons. The molecular formula is C19H29N3O3S. The molecule has 2 unspecified atom stereocenters. The highest BCUT2D eigenvalue weighted by Gasteiger charge is 2.42. The van der Waals surface area contributed by atoms with Crippen molar-refractivity contribution in [3.63, 3.8) is 0 Å². The first-order chi connectivity index (χ1) is 12.2. The van der Waals surface area contributed by atoms with Crippen molar-refractivity contribution in [1.29, 1.82) is 0 Å². The molecule has 26 heavy (non-hydrogen) atoms. The summed E-state index contributed by atoms with van der Waals surface area (Å²) in [6, 6.07) is 7.84. The first kappa shape index (κ1) is 19.3. The van der Waals surface area contributed by atoms with Crippen molar-refractivity contribution in [3.8, 4) is 0 Å². The Labute approximate surface area is 156 Å². The van der Waals surface area contributed by atoms with Crippen LogP contribution in [0.2, 0.25) is 0 Å². The average Bonchev–Trinajstić information content (AvgIpc) is 2.64. The Hall–Kier alpha value is -1.44. The van der Waals surface area contributed by atoms with E-state index >= 15 is 0 Å². The van der Waals surface area contributed by atoms with Crippen LogP contribution in [0.1, 0.15) is 39.5 Å². The Balaban J connectivity index is 1.84. The van der Waals surface area contributed by atoms with Gasteiger partial charge in [0.1, 0.15) is 6.04 Å². The smallest absolute Gasteiger partial charge is 0.243 e. The normalized spacial score (nSPS) is 27.3. The minimum absolute atomic E-state index is 0.0575. The highest BCUT2D eigenvalue weighted by atomic mass is 32.2. The Bertz CT molecular complexity index is 749. The van der Waals surface area contributed by atoms with E-state index in [-0.39, 0.29) is 22.3 Å². The fourth-order valence-corrected chi connectivity index (χ4v) is 5.61. The Morgan fingerprint density at radius 3 is 2.46 bits per heavy atom. The number of benzene rings is 1. The molecule has 2 aliphatic heterocycles. The average molecular weight is 380 g/mol. The molecule has 2 aliphatic rings. The van der Waals surface area contributed by atoms with Crippen LogP contribution in [-0.2, 0) is 14.8 Å². The molecule has 144 valence electrons. The van der Waals surface area contributed by atoms with Crippen molar-refractivity contribution in [1.82, 2.24) is 9.21 Å². The van der Waals surface area contributed by atoms with Gasteiger partial charge in [0.15, 0.2) is 0 Å². The molecule has 0 saturated carbocycles. The third-order valence-corrected chi connectivity index (χ3v) is 7.63. The van der Waals surface area contributed by atoms with Gasteiger partial charge in [-0.2, -0.15) is 4.31 Å². The number of hydrogen-bond donors (Lipinski definition) is 1. The lowest BCUT2D eigenvalue weighted by molar-refractivity contribution is -0.139. The van der Waals surface area contributed by atoms with E-state index in [0.717, 1.165) is 19.3 Å². The van der Waals surface area contributed by atoms with E-state index in [2.05, 4.69) is 13.8 Å². The Morgan fingerprint density at radius 2 is 1.81 bits per heavy atom. The number of sulfonamides is 1. The Kier molecular flexibility index (Phi) is 5.42. The van der Waals surface area contributed by atoms with Gasteiger partial charge < -0.3 is 10.6 Å². The van der Waals surface area contributed by atoms with Crippen LogP contribution in [0.15, 0.2) is 35.2 Å². The summed E-state index contributed by atoms with van der Waals surface area (Å²) in [6.07, 6.45) is 2.98. The second-order valence-electron chi connectivity index (χ2n) is 8.08. The summed E-state index contributed by atoms with van der Waals surface area (Å²) in [5.74, 6) is -0.0795. The second kappa shape index (κ2) is 7.29. The summed E-state index contributed by atoms with van der Waals surface area (Å²) >= 11 is 0. The van der Waals surface area contributed by atoms with Crippen LogP contribution in [-0.4, -0.2) is 55.2 Å². The largest absolute Gasteiger partial charge is 0.341 e. The molecule has 1 aromatic rings. The molecule has 0 spiro atoms. The molecule has 2 fully saturated rings.